The van der Waals surface area contributed by atoms with Crippen molar-refractivity contribution in [3.63, 3.8) is 0 Å². The smallest absolute Gasteiger partial charge is 0.436 e. The predicted octanol–water partition coefficient (Wildman–Crippen LogP) is 5.84. The second kappa shape index (κ2) is 39.2. The second-order valence-electron chi connectivity index (χ2n) is 20.0. The molecule has 0 spiro atoms. The van der Waals surface area contributed by atoms with E-state index in [4.69, 9.17) is 47.2 Å². The van der Waals surface area contributed by atoms with Crippen LogP contribution < -0.4 is 37.9 Å². The van der Waals surface area contributed by atoms with Gasteiger partial charge in [-0.3, -0.25) is 5.32 Å². The molecule has 2 rings (SSSR count). The molecule has 8 atom stereocenters. The van der Waals surface area contributed by atoms with E-state index in [1.54, 1.807) is 23.5 Å². The quantitative estimate of drug-likeness (QED) is 0.0125. The molecule has 8 unspecified atom stereocenters. The first kappa shape index (κ1) is 75.9. The Morgan fingerprint density at radius 3 is 1.75 bits per heavy atom. The Morgan fingerprint density at radius 2 is 1.21 bits per heavy atom. The molecule has 423 valence electrons. The van der Waals surface area contributed by atoms with Crippen molar-refractivity contribution in [1.29, 1.82) is 0 Å². The fourth-order valence-electron chi connectivity index (χ4n) is 7.48. The van der Waals surface area contributed by atoms with Crippen molar-refractivity contribution < 1.29 is 105 Å². The summed E-state index contributed by atoms with van der Waals surface area (Å²) in [6, 6.07) is 13.2. The van der Waals surface area contributed by atoms with Gasteiger partial charge in [0.05, 0.1) is 63.2 Å². The zero-order valence-corrected chi connectivity index (χ0v) is 57.4. The van der Waals surface area contributed by atoms with E-state index < -0.39 is 52.6 Å². The predicted molar refractivity (Wildman–Crippen MR) is 305 cm³/mol. The Balaban J connectivity index is 0. The number of aliphatic hydroxyl groups is 3. The Bertz CT molecular complexity index is 1760. The van der Waals surface area contributed by atoms with E-state index in [1.165, 1.54) is 0 Å². The summed E-state index contributed by atoms with van der Waals surface area (Å²) in [4.78, 5) is 2.11. The van der Waals surface area contributed by atoms with Crippen molar-refractivity contribution in [3.8, 4) is 0 Å². The fourth-order valence-corrected chi connectivity index (χ4v) is 26.0. The Hall–Kier alpha value is 0.800. The number of likely N-dealkylation sites (N-methyl/N-ethyl adjacent to an activating group) is 1. The van der Waals surface area contributed by atoms with Crippen LogP contribution in [0.5, 0.6) is 0 Å². The van der Waals surface area contributed by atoms with Crippen molar-refractivity contribution in [2.75, 3.05) is 96.6 Å². The summed E-state index contributed by atoms with van der Waals surface area (Å²) in [6.45, 7) is 26.4. The van der Waals surface area contributed by atoms with Gasteiger partial charge in [-0.15, -0.1) is 23.5 Å². The van der Waals surface area contributed by atoms with Crippen LogP contribution in [0.4, 0.5) is 11.4 Å². The molecule has 2 aromatic carbocycles. The maximum Gasteiger partial charge on any atom is 0.520 e. The third-order valence-corrected chi connectivity index (χ3v) is 27.8. The summed E-state index contributed by atoms with van der Waals surface area (Å²) in [5.41, 5.74) is 14.9. The van der Waals surface area contributed by atoms with Gasteiger partial charge in [0.1, 0.15) is 0 Å². The molecule has 0 aliphatic carbocycles. The molecule has 2 aromatic rings. The van der Waals surface area contributed by atoms with E-state index in [0.717, 1.165) is 39.2 Å². The Labute approximate surface area is 493 Å². The molecule has 0 saturated heterocycles. The van der Waals surface area contributed by atoms with E-state index in [1.807, 2.05) is 90.7 Å². The molecule has 0 amide bonds. The molecule has 0 saturated carbocycles. The normalized spacial score (nSPS) is 15.9. The van der Waals surface area contributed by atoms with Crippen molar-refractivity contribution in [2.45, 2.75) is 159 Å². The van der Waals surface area contributed by atoms with Crippen LogP contribution in [0.25, 0.3) is 0 Å². The molecule has 0 bridgehead atoms. The molecule has 1 radical (unpaired) electrons. The first-order valence-electron chi connectivity index (χ1n) is 24.7. The van der Waals surface area contributed by atoms with E-state index in [9.17, 15) is 15.3 Å². The van der Waals surface area contributed by atoms with Gasteiger partial charge < -0.3 is 78.5 Å². The molecule has 11 N–H and O–H groups in total. The average Bonchev–Trinajstić information content (AvgIpc) is 3.27. The number of aliphatic hydroxyl groups excluding tert-OH is 3. The van der Waals surface area contributed by atoms with E-state index in [2.05, 4.69) is 60.4 Å². The molecule has 73 heavy (non-hydrogen) atoms. The molecule has 0 heterocycles. The van der Waals surface area contributed by atoms with Crippen molar-refractivity contribution >= 4 is 74.1 Å². The summed E-state index contributed by atoms with van der Waals surface area (Å²) in [5, 5.41) is 46.8. The van der Waals surface area contributed by atoms with Gasteiger partial charge >= 0.3 is 17.4 Å². The van der Waals surface area contributed by atoms with Gasteiger partial charge in [-0.2, -0.15) is 0 Å². The minimum atomic E-state index is -3.98. The largest absolute Gasteiger partial charge is 0.520 e. The van der Waals surface area contributed by atoms with Gasteiger partial charge in [-0.25, -0.2) is 0 Å². The van der Waals surface area contributed by atoms with E-state index in [-0.39, 0.29) is 98.6 Å². The monoisotopic (exact) mass is 1380 g/mol. The number of ether oxygens (including phenoxy) is 4. The standard InChI is InChI=1S/C47H94N6O11S2Si4.CH4.W.Y/c1-35(48)29-59-32-38(4)53-47(56)61-70(42-20-16-15-17-21-42,63-68(11,12)25-19-23-58-34-41(55)28-52-46-39(5)45(49)43(65-7)26-44(46)66-8)64-69(13,14)62-67(9,10)24-18-22-57-33-40(54)27-51-37(3)31-60-30-36(2)50-6;;;/h15-17,20-21,26,35-38,40-41,47,50-56H,18-19,22-25,27-34,48-49H2,1-14H3;1H4;;. The number of nitrogens with one attached hydrogen (secondary N) is 4. The first-order chi connectivity index (χ1) is 32.9. The van der Waals surface area contributed by atoms with Gasteiger partial charge in [0, 0.05) is 119 Å². The Morgan fingerprint density at radius 1 is 0.685 bits per heavy atom. The average molecular weight is 1380 g/mol. The van der Waals surface area contributed by atoms with Gasteiger partial charge in [-0.05, 0) is 130 Å². The number of thioether (sulfide) groups is 2. The van der Waals surface area contributed by atoms with Crippen molar-refractivity contribution in [3.05, 3.63) is 42.0 Å². The van der Waals surface area contributed by atoms with Gasteiger partial charge in [0.25, 0.3) is 0 Å². The minimum Gasteiger partial charge on any atom is -0.436 e. The van der Waals surface area contributed by atoms with Crippen LogP contribution in [0.1, 0.15) is 53.5 Å². The van der Waals surface area contributed by atoms with Gasteiger partial charge in [0.2, 0.25) is 6.41 Å². The summed E-state index contributed by atoms with van der Waals surface area (Å²) in [6.07, 6.45) is 2.64. The first-order valence-corrected chi connectivity index (χ1v) is 37.9. The Kier molecular flexibility index (Phi) is 40.8. The minimum absolute atomic E-state index is 0. The maximum atomic E-state index is 11.6. The third-order valence-electron chi connectivity index (χ3n) is 11.1. The summed E-state index contributed by atoms with van der Waals surface area (Å²) in [5.74, 6) is 0. The van der Waals surface area contributed by atoms with Crippen molar-refractivity contribution in [1.82, 2.24) is 16.0 Å². The number of benzene rings is 2. The number of nitrogen functional groups attached to an aromatic ring is 1. The molecule has 0 aliphatic rings. The molecule has 0 aliphatic heterocycles. The van der Waals surface area contributed by atoms with Crippen LogP contribution in [-0.4, -0.2) is 178 Å². The zero-order valence-electron chi connectivity index (χ0n) is 46.0. The van der Waals surface area contributed by atoms with Gasteiger partial charge in [-0.1, -0.05) is 37.8 Å². The van der Waals surface area contributed by atoms with Crippen molar-refractivity contribution in [2.24, 2.45) is 5.73 Å². The topological polar surface area (TPSA) is 235 Å². The van der Waals surface area contributed by atoms with Crippen LogP contribution in [0, 0.1) is 6.92 Å². The molecule has 0 aromatic heterocycles. The van der Waals surface area contributed by atoms with E-state index >= 15 is 0 Å². The van der Waals surface area contributed by atoms with Crippen LogP contribution >= 0.6 is 23.5 Å². The van der Waals surface area contributed by atoms with Crippen LogP contribution in [0.3, 0.4) is 0 Å². The molecule has 25 heteroatoms. The fraction of sp³-hybridized carbons (Fsp3) is 0.750. The maximum absolute atomic E-state index is 11.6. The number of anilines is 2. The number of rotatable bonds is 40. The molecular weight excluding hydrogens is 1290 g/mol. The molecule has 17 nitrogen and oxygen atoms in total. The van der Waals surface area contributed by atoms with E-state index in [0.29, 0.717) is 70.4 Å². The van der Waals surface area contributed by atoms with Crippen LogP contribution in [-0.2, 0) is 89.5 Å². The summed E-state index contributed by atoms with van der Waals surface area (Å²) in [7, 11) is -10.2. The number of hydrogen-bond donors (Lipinski definition) is 9. The zero-order chi connectivity index (χ0) is 52.5. The third kappa shape index (κ3) is 31.4. The second-order valence-corrected chi connectivity index (χ2v) is 36.9. The number of hydrogen-bond acceptors (Lipinski definition) is 19. The molecule has 0 fully saturated rings. The summed E-state index contributed by atoms with van der Waals surface area (Å²) < 4.78 is 51.7. The van der Waals surface area contributed by atoms with Gasteiger partial charge in [0.15, 0.2) is 16.6 Å². The molecular formula is C48H98N6O11S2Si4WY. The van der Waals surface area contributed by atoms with Crippen LogP contribution in [0.15, 0.2) is 46.2 Å². The van der Waals surface area contributed by atoms with Crippen LogP contribution in [0.2, 0.25) is 51.4 Å². The number of nitrogens with two attached hydrogens (primary N) is 2. The SMILES string of the molecule is C.CNC(C)COCC(C)NCC(O)COCCC[Si](C)(C)O[Si](C)(C)O[Si](OC(O)NC(C)COCC(C)N)(O[Si](C)(C)CCCOCC(O)CNc1c(SC)cc(SC)c(N)c1C)c1ccccc1.[W].[Y]. The summed E-state index contributed by atoms with van der Waals surface area (Å²) >= 11 is 3.26.